The molecule has 2 unspecified atom stereocenters. The number of rotatable bonds is 9. The van der Waals surface area contributed by atoms with Crippen molar-refractivity contribution in [1.29, 1.82) is 0 Å². The lowest BCUT2D eigenvalue weighted by molar-refractivity contribution is 0.0363. The van der Waals surface area contributed by atoms with Gasteiger partial charge in [0.1, 0.15) is 6.10 Å². The van der Waals surface area contributed by atoms with E-state index in [4.69, 9.17) is 4.74 Å². The number of carbonyl (C=O) groups is 1. The Balaban J connectivity index is 1.59. The van der Waals surface area contributed by atoms with Crippen LogP contribution in [0.1, 0.15) is 80.3 Å². The minimum Gasteiger partial charge on any atom is -0.454 e. The maximum absolute atomic E-state index is 11.7. The zero-order chi connectivity index (χ0) is 15.1. The summed E-state index contributed by atoms with van der Waals surface area (Å²) >= 11 is 0. The van der Waals surface area contributed by atoms with E-state index in [1.807, 2.05) is 31.2 Å². The molecule has 0 radical (unpaired) electrons. The summed E-state index contributed by atoms with van der Waals surface area (Å²) in [6.07, 6.45) is 8.69. The molecule has 0 saturated heterocycles. The van der Waals surface area contributed by atoms with E-state index in [-0.39, 0.29) is 18.2 Å². The summed E-state index contributed by atoms with van der Waals surface area (Å²) in [5.74, 6) is -0.172. The summed E-state index contributed by atoms with van der Waals surface area (Å²) in [6, 6.07) is 7.70. The third-order valence-corrected chi connectivity index (χ3v) is 4.12. The monoisotopic (exact) mass is 290 g/mol. The lowest BCUT2D eigenvalue weighted by atomic mass is 10.00. The van der Waals surface area contributed by atoms with E-state index in [9.17, 15) is 9.90 Å². The molecule has 1 aliphatic rings. The van der Waals surface area contributed by atoms with Crippen LogP contribution in [-0.2, 0) is 4.74 Å². The van der Waals surface area contributed by atoms with Gasteiger partial charge in [0.15, 0.2) is 0 Å². The van der Waals surface area contributed by atoms with E-state index in [1.54, 1.807) is 0 Å². The van der Waals surface area contributed by atoms with Crippen molar-refractivity contribution in [2.75, 3.05) is 0 Å². The van der Waals surface area contributed by atoms with Crippen LogP contribution in [0.2, 0.25) is 0 Å². The van der Waals surface area contributed by atoms with Crippen LogP contribution in [0.4, 0.5) is 0 Å². The summed E-state index contributed by atoms with van der Waals surface area (Å²) in [6.45, 7) is 1.85. The van der Waals surface area contributed by atoms with Gasteiger partial charge in [-0.25, -0.2) is 4.79 Å². The van der Waals surface area contributed by atoms with Crippen molar-refractivity contribution in [3.63, 3.8) is 0 Å². The highest BCUT2D eigenvalue weighted by Gasteiger charge is 2.29. The first kappa shape index (κ1) is 16.0. The molecule has 0 aromatic heterocycles. The lowest BCUT2D eigenvalue weighted by Gasteiger charge is -2.10. The van der Waals surface area contributed by atoms with Gasteiger partial charge in [-0.05, 0) is 32.3 Å². The number of benzene rings is 1. The highest BCUT2D eigenvalue weighted by molar-refractivity contribution is 5.93. The predicted octanol–water partition coefficient (Wildman–Crippen LogP) is 4.40. The van der Waals surface area contributed by atoms with Crippen molar-refractivity contribution < 1.29 is 14.6 Å². The van der Waals surface area contributed by atoms with E-state index < -0.39 is 0 Å². The van der Waals surface area contributed by atoms with Gasteiger partial charge in [-0.15, -0.1) is 0 Å². The van der Waals surface area contributed by atoms with Gasteiger partial charge in [0.25, 0.3) is 0 Å². The summed E-state index contributed by atoms with van der Waals surface area (Å²) in [7, 11) is 0. The van der Waals surface area contributed by atoms with Crippen LogP contribution in [0.3, 0.4) is 0 Å². The maximum Gasteiger partial charge on any atom is 0.339 e. The fourth-order valence-electron chi connectivity index (χ4n) is 2.91. The molecule has 1 aromatic carbocycles. The minimum atomic E-state index is -0.172. The summed E-state index contributed by atoms with van der Waals surface area (Å²) < 4.78 is 5.44. The van der Waals surface area contributed by atoms with Crippen LogP contribution in [0, 0.1) is 0 Å². The fraction of sp³-hybridized carbons (Fsp3) is 0.611. The minimum absolute atomic E-state index is 0.0380. The molecular weight excluding hydrogens is 264 g/mol. The Morgan fingerprint density at radius 2 is 1.76 bits per heavy atom. The van der Waals surface area contributed by atoms with Gasteiger partial charge in [0.2, 0.25) is 0 Å². The second-order valence-corrected chi connectivity index (χ2v) is 6.03. The Bertz CT molecular complexity index is 454. The van der Waals surface area contributed by atoms with Crippen molar-refractivity contribution in [3.8, 4) is 0 Å². The Labute approximate surface area is 127 Å². The predicted molar refractivity (Wildman–Crippen MR) is 83.2 cm³/mol. The largest absolute Gasteiger partial charge is 0.454 e. The van der Waals surface area contributed by atoms with Crippen molar-refractivity contribution >= 4 is 5.97 Å². The Morgan fingerprint density at radius 1 is 1.10 bits per heavy atom. The number of aliphatic hydroxyl groups excluding tert-OH is 1. The molecule has 0 aliphatic carbocycles. The van der Waals surface area contributed by atoms with Crippen LogP contribution in [-0.4, -0.2) is 17.2 Å². The van der Waals surface area contributed by atoms with Crippen LogP contribution in [0.5, 0.6) is 0 Å². The molecule has 0 fully saturated rings. The molecular formula is C18H26O3. The van der Waals surface area contributed by atoms with Crippen molar-refractivity contribution in [2.45, 2.75) is 70.5 Å². The zero-order valence-corrected chi connectivity index (χ0v) is 12.9. The molecule has 1 heterocycles. The molecule has 21 heavy (non-hydrogen) atoms. The Morgan fingerprint density at radius 3 is 2.52 bits per heavy atom. The summed E-state index contributed by atoms with van der Waals surface area (Å²) in [5, 5.41) is 9.17. The molecule has 1 aliphatic heterocycles. The Kier molecular flexibility index (Phi) is 6.24. The van der Waals surface area contributed by atoms with Crippen LogP contribution < -0.4 is 0 Å². The van der Waals surface area contributed by atoms with Gasteiger partial charge in [-0.2, -0.15) is 0 Å². The first-order valence-electron chi connectivity index (χ1n) is 8.16. The van der Waals surface area contributed by atoms with Crippen molar-refractivity contribution in [3.05, 3.63) is 35.4 Å². The SMILES string of the molecule is CC(O)CCCCCCCCC1OC(=O)c2ccccc21. The van der Waals surface area contributed by atoms with Crippen molar-refractivity contribution in [2.24, 2.45) is 0 Å². The topological polar surface area (TPSA) is 46.5 Å². The van der Waals surface area contributed by atoms with E-state index in [1.165, 1.54) is 25.7 Å². The van der Waals surface area contributed by atoms with E-state index >= 15 is 0 Å². The molecule has 1 N–H and O–H groups in total. The molecule has 0 saturated carbocycles. The van der Waals surface area contributed by atoms with Gasteiger partial charge in [-0.1, -0.05) is 50.3 Å². The number of ether oxygens (including phenoxy) is 1. The van der Waals surface area contributed by atoms with Gasteiger partial charge in [0, 0.05) is 5.56 Å². The number of aliphatic hydroxyl groups is 1. The van der Waals surface area contributed by atoms with Gasteiger partial charge < -0.3 is 9.84 Å². The summed E-state index contributed by atoms with van der Waals surface area (Å²) in [5.41, 5.74) is 1.79. The van der Waals surface area contributed by atoms with Crippen molar-refractivity contribution in [1.82, 2.24) is 0 Å². The average Bonchev–Trinajstić information content (AvgIpc) is 2.79. The second-order valence-electron chi connectivity index (χ2n) is 6.03. The molecule has 2 rings (SSSR count). The van der Waals surface area contributed by atoms with Crippen LogP contribution >= 0.6 is 0 Å². The number of fused-ring (bicyclic) bond motifs is 1. The first-order chi connectivity index (χ1) is 10.2. The molecule has 0 bridgehead atoms. The zero-order valence-electron chi connectivity index (χ0n) is 12.9. The number of hydrogen-bond donors (Lipinski definition) is 1. The highest BCUT2D eigenvalue weighted by atomic mass is 16.5. The van der Waals surface area contributed by atoms with Crippen LogP contribution in [0.25, 0.3) is 0 Å². The molecule has 2 atom stereocenters. The van der Waals surface area contributed by atoms with E-state index in [0.29, 0.717) is 0 Å². The first-order valence-corrected chi connectivity index (χ1v) is 8.16. The quantitative estimate of drug-likeness (QED) is 0.541. The molecule has 0 spiro atoms. The van der Waals surface area contributed by atoms with Gasteiger partial charge in [-0.3, -0.25) is 0 Å². The average molecular weight is 290 g/mol. The standard InChI is InChI=1S/C18H26O3/c1-14(19)10-6-4-2-3-5-7-13-17-15-11-8-9-12-16(15)18(20)21-17/h8-9,11-12,14,17,19H,2-7,10,13H2,1H3. The molecule has 1 aromatic rings. The van der Waals surface area contributed by atoms with Gasteiger partial charge in [0.05, 0.1) is 11.7 Å². The number of esters is 1. The number of unbranched alkanes of at least 4 members (excludes halogenated alkanes) is 5. The van der Waals surface area contributed by atoms with E-state index in [0.717, 1.165) is 36.8 Å². The third-order valence-electron chi connectivity index (χ3n) is 4.12. The second kappa shape index (κ2) is 8.18. The Hall–Kier alpha value is -1.35. The maximum atomic E-state index is 11.7. The molecule has 3 nitrogen and oxygen atoms in total. The molecule has 0 amide bonds. The normalized spacial score (nSPS) is 18.4. The van der Waals surface area contributed by atoms with Gasteiger partial charge >= 0.3 is 5.97 Å². The number of carbonyl (C=O) groups excluding carboxylic acids is 1. The smallest absolute Gasteiger partial charge is 0.339 e. The summed E-state index contributed by atoms with van der Waals surface area (Å²) in [4.78, 5) is 11.7. The van der Waals surface area contributed by atoms with E-state index in [2.05, 4.69) is 0 Å². The lowest BCUT2D eigenvalue weighted by Crippen LogP contribution is -1.99. The number of hydrogen-bond acceptors (Lipinski definition) is 3. The third kappa shape index (κ3) is 4.85. The molecule has 116 valence electrons. The fourth-order valence-corrected chi connectivity index (χ4v) is 2.91. The number of cyclic esters (lactones) is 1. The molecule has 3 heteroatoms. The highest BCUT2D eigenvalue weighted by Crippen LogP contribution is 2.34. The van der Waals surface area contributed by atoms with Crippen LogP contribution in [0.15, 0.2) is 24.3 Å².